The van der Waals surface area contributed by atoms with Crippen molar-refractivity contribution in [1.29, 1.82) is 0 Å². The van der Waals surface area contributed by atoms with Crippen LogP contribution in [0.1, 0.15) is 16.8 Å². The number of phenolic OH excluding ortho intramolecular Hbond substituents is 2. The summed E-state index contributed by atoms with van der Waals surface area (Å²) in [6, 6.07) is 2.03. The zero-order chi connectivity index (χ0) is 15.4. The molecule has 1 heterocycles. The van der Waals surface area contributed by atoms with E-state index in [1.54, 1.807) is 0 Å². The van der Waals surface area contributed by atoms with Gasteiger partial charge in [-0.05, 0) is 6.07 Å². The molecule has 0 aromatic heterocycles. The number of nitrogens with zero attached hydrogens (tertiary/aromatic N) is 2. The van der Waals surface area contributed by atoms with E-state index in [9.17, 15) is 25.1 Å². The van der Waals surface area contributed by atoms with Gasteiger partial charge in [0, 0.05) is 37.7 Å². The molecule has 2 rings (SSSR count). The summed E-state index contributed by atoms with van der Waals surface area (Å²) in [5, 5.41) is 29.6. The number of hydrogen-bond donors (Lipinski definition) is 2. The number of nitro groups is 1. The summed E-state index contributed by atoms with van der Waals surface area (Å²) in [7, 11) is 0. The minimum atomic E-state index is -0.839. The fourth-order valence-corrected chi connectivity index (χ4v) is 2.13. The summed E-state index contributed by atoms with van der Waals surface area (Å²) < 4.78 is 5.20. The Kier molecular flexibility index (Phi) is 4.71. The quantitative estimate of drug-likeness (QED) is 0.359. The van der Waals surface area contributed by atoms with Crippen LogP contribution in [0.25, 0.3) is 0 Å². The van der Waals surface area contributed by atoms with E-state index >= 15 is 0 Å². The monoisotopic (exact) mass is 296 g/mol. The van der Waals surface area contributed by atoms with Crippen LogP contribution in [0.4, 0.5) is 5.69 Å². The van der Waals surface area contributed by atoms with Gasteiger partial charge in [0.15, 0.2) is 11.5 Å². The molecule has 8 nitrogen and oxygen atoms in total. The lowest BCUT2D eigenvalue weighted by molar-refractivity contribution is -0.386. The average molecular weight is 296 g/mol. The van der Waals surface area contributed by atoms with Crippen molar-refractivity contribution in [3.63, 3.8) is 0 Å². The van der Waals surface area contributed by atoms with Crippen molar-refractivity contribution < 1.29 is 24.7 Å². The highest BCUT2D eigenvalue weighted by molar-refractivity contribution is 5.97. The zero-order valence-corrected chi connectivity index (χ0v) is 11.3. The maximum atomic E-state index is 12.1. The van der Waals surface area contributed by atoms with Crippen molar-refractivity contribution in [3.05, 3.63) is 27.8 Å². The second kappa shape index (κ2) is 6.51. The first-order valence-electron chi connectivity index (χ1n) is 6.52. The lowest BCUT2D eigenvalue weighted by Gasteiger charge is -2.26. The molecule has 0 aliphatic carbocycles. The Labute approximate surface area is 120 Å². The van der Waals surface area contributed by atoms with Gasteiger partial charge in [-0.1, -0.05) is 0 Å². The first-order chi connectivity index (χ1) is 9.99. The van der Waals surface area contributed by atoms with E-state index in [1.165, 1.54) is 0 Å². The first-order valence-corrected chi connectivity index (χ1v) is 6.52. The van der Waals surface area contributed by atoms with Gasteiger partial charge in [0.05, 0.1) is 18.1 Å². The molecule has 1 aromatic rings. The van der Waals surface area contributed by atoms with Crippen LogP contribution in [0, 0.1) is 10.1 Å². The maximum absolute atomic E-state index is 12.1. The lowest BCUT2D eigenvalue weighted by Crippen LogP contribution is -2.37. The number of carbonyl (C=O) groups is 1. The molecule has 0 atom stereocenters. The molecular weight excluding hydrogens is 280 g/mol. The third kappa shape index (κ3) is 3.67. The number of carbonyl (C=O) groups excluding carboxylic acids is 1. The summed E-state index contributed by atoms with van der Waals surface area (Å²) in [6.45, 7) is 3.26. The number of rotatable bonds is 5. The van der Waals surface area contributed by atoms with Gasteiger partial charge in [-0.2, -0.15) is 0 Å². The van der Waals surface area contributed by atoms with Crippen LogP contribution in [0.3, 0.4) is 0 Å². The van der Waals surface area contributed by atoms with Crippen LogP contribution in [0.2, 0.25) is 0 Å². The van der Waals surface area contributed by atoms with Crippen LogP contribution in [-0.2, 0) is 4.74 Å². The normalized spacial score (nSPS) is 15.8. The van der Waals surface area contributed by atoms with E-state index in [1.807, 2.05) is 0 Å². The summed E-state index contributed by atoms with van der Waals surface area (Å²) in [4.78, 5) is 24.0. The van der Waals surface area contributed by atoms with Gasteiger partial charge in [-0.3, -0.25) is 19.8 Å². The highest BCUT2D eigenvalue weighted by Crippen LogP contribution is 2.36. The van der Waals surface area contributed by atoms with E-state index in [0.717, 1.165) is 25.2 Å². The van der Waals surface area contributed by atoms with Gasteiger partial charge >= 0.3 is 5.69 Å². The molecule has 0 amide bonds. The van der Waals surface area contributed by atoms with Crippen LogP contribution >= 0.6 is 0 Å². The second-order valence-corrected chi connectivity index (χ2v) is 4.75. The van der Waals surface area contributed by atoms with Gasteiger partial charge in [-0.15, -0.1) is 0 Å². The first kappa shape index (κ1) is 15.2. The Morgan fingerprint density at radius 1 is 1.33 bits per heavy atom. The minimum Gasteiger partial charge on any atom is -0.504 e. The number of phenols is 2. The molecule has 0 unspecified atom stereocenters. The summed E-state index contributed by atoms with van der Waals surface area (Å²) in [5.74, 6) is -1.82. The molecule has 1 aromatic carbocycles. The highest BCUT2D eigenvalue weighted by atomic mass is 16.6. The number of aromatic hydroxyl groups is 2. The Hall–Kier alpha value is -2.19. The van der Waals surface area contributed by atoms with Gasteiger partial charge < -0.3 is 14.9 Å². The van der Waals surface area contributed by atoms with Crippen molar-refractivity contribution in [2.24, 2.45) is 0 Å². The Morgan fingerprint density at radius 2 is 2.00 bits per heavy atom. The standard InChI is InChI=1S/C13H16N2O6/c16-11(1-2-14-3-5-21-6-4-14)9-7-10(15(19)20)13(18)12(17)8-9/h7-8,17-18H,1-6H2. The molecule has 8 heteroatoms. The van der Waals surface area contributed by atoms with Gasteiger partial charge in [0.25, 0.3) is 0 Å². The second-order valence-electron chi connectivity index (χ2n) is 4.75. The largest absolute Gasteiger partial charge is 0.504 e. The van der Waals surface area contributed by atoms with Crippen LogP contribution in [0.15, 0.2) is 12.1 Å². The molecule has 1 fully saturated rings. The Bertz CT molecular complexity index is 554. The van der Waals surface area contributed by atoms with Crippen LogP contribution < -0.4 is 0 Å². The van der Waals surface area contributed by atoms with E-state index < -0.39 is 22.1 Å². The third-order valence-corrected chi connectivity index (χ3v) is 3.35. The van der Waals surface area contributed by atoms with Gasteiger partial charge in [0.2, 0.25) is 5.75 Å². The predicted molar refractivity (Wildman–Crippen MR) is 72.6 cm³/mol. The number of ether oxygens (including phenoxy) is 1. The van der Waals surface area contributed by atoms with E-state index in [4.69, 9.17) is 4.74 Å². The van der Waals surface area contributed by atoms with Crippen molar-refractivity contribution >= 4 is 11.5 Å². The minimum absolute atomic E-state index is 0.0188. The fraction of sp³-hybridized carbons (Fsp3) is 0.462. The van der Waals surface area contributed by atoms with Crippen LogP contribution in [0.5, 0.6) is 11.5 Å². The topological polar surface area (TPSA) is 113 Å². The molecule has 0 radical (unpaired) electrons. The molecule has 1 saturated heterocycles. The molecule has 0 spiro atoms. The number of benzene rings is 1. The zero-order valence-electron chi connectivity index (χ0n) is 11.3. The molecular formula is C13H16N2O6. The third-order valence-electron chi connectivity index (χ3n) is 3.35. The Morgan fingerprint density at radius 3 is 2.62 bits per heavy atom. The Balaban J connectivity index is 2.06. The summed E-state index contributed by atoms with van der Waals surface area (Å²) >= 11 is 0. The highest BCUT2D eigenvalue weighted by Gasteiger charge is 2.22. The SMILES string of the molecule is O=C(CCN1CCOCC1)c1cc(O)c(O)c([N+](=O)[O-])c1. The fourth-order valence-electron chi connectivity index (χ4n) is 2.13. The molecule has 0 saturated carbocycles. The van der Waals surface area contributed by atoms with Crippen molar-refractivity contribution in [2.45, 2.75) is 6.42 Å². The molecule has 1 aliphatic heterocycles. The summed E-state index contributed by atoms with van der Waals surface area (Å²) in [6.07, 6.45) is 0.182. The van der Waals surface area contributed by atoms with Gasteiger partial charge in [-0.25, -0.2) is 0 Å². The number of hydrogen-bond acceptors (Lipinski definition) is 7. The van der Waals surface area contributed by atoms with Gasteiger partial charge in [0.1, 0.15) is 0 Å². The van der Waals surface area contributed by atoms with Crippen molar-refractivity contribution in [1.82, 2.24) is 4.90 Å². The van der Waals surface area contributed by atoms with Crippen molar-refractivity contribution in [3.8, 4) is 11.5 Å². The average Bonchev–Trinajstić information content (AvgIpc) is 2.48. The molecule has 114 valence electrons. The smallest absolute Gasteiger partial charge is 0.315 e. The summed E-state index contributed by atoms with van der Waals surface area (Å²) in [5.41, 5.74) is -0.657. The number of nitro benzene ring substituents is 1. The lowest BCUT2D eigenvalue weighted by atomic mass is 10.1. The number of Topliss-reactive ketones (excluding diaryl/α,β-unsaturated/α-hetero) is 1. The number of ketones is 1. The van der Waals surface area contributed by atoms with Crippen molar-refractivity contribution in [2.75, 3.05) is 32.8 Å². The molecule has 21 heavy (non-hydrogen) atoms. The van der Waals surface area contributed by atoms with E-state index in [2.05, 4.69) is 4.90 Å². The maximum Gasteiger partial charge on any atom is 0.315 e. The van der Waals surface area contributed by atoms with E-state index in [-0.39, 0.29) is 17.8 Å². The predicted octanol–water partition coefficient (Wildman–Crippen LogP) is 0.911. The molecule has 1 aliphatic rings. The molecule has 0 bridgehead atoms. The van der Waals surface area contributed by atoms with E-state index in [0.29, 0.717) is 19.8 Å². The number of morpholine rings is 1. The molecule has 2 N–H and O–H groups in total. The van der Waals surface area contributed by atoms with Crippen LogP contribution in [-0.4, -0.2) is 58.7 Å².